The predicted molar refractivity (Wildman–Crippen MR) is 125 cm³/mol. The van der Waals surface area contributed by atoms with Crippen molar-refractivity contribution in [1.82, 2.24) is 4.98 Å². The van der Waals surface area contributed by atoms with E-state index in [9.17, 15) is 4.79 Å². The van der Waals surface area contributed by atoms with Crippen molar-refractivity contribution >= 4 is 38.3 Å². The fourth-order valence-corrected chi connectivity index (χ4v) is 4.93. The van der Waals surface area contributed by atoms with E-state index in [0.29, 0.717) is 6.54 Å². The molecule has 2 heterocycles. The summed E-state index contributed by atoms with van der Waals surface area (Å²) in [6, 6.07) is 14.2. The maximum absolute atomic E-state index is 12.9. The molecule has 0 radical (unpaired) electrons. The summed E-state index contributed by atoms with van der Waals surface area (Å²) in [6.45, 7) is 3.84. The van der Waals surface area contributed by atoms with Crippen LogP contribution in [0.5, 0.6) is 5.75 Å². The molecule has 1 amide bonds. The molecule has 0 spiro atoms. The van der Waals surface area contributed by atoms with E-state index in [1.54, 1.807) is 18.4 Å². The summed E-state index contributed by atoms with van der Waals surface area (Å²) >= 11 is 1.66. The number of nitrogens with one attached hydrogen (secondary N) is 1. The number of carbonyl (C=O) groups excluding carboxylic acids is 1. The van der Waals surface area contributed by atoms with Gasteiger partial charge in [-0.25, -0.2) is 4.98 Å². The molecule has 0 aliphatic carbocycles. The van der Waals surface area contributed by atoms with Crippen LogP contribution in [-0.2, 0) is 11.2 Å². The van der Waals surface area contributed by atoms with Gasteiger partial charge in [-0.15, -0.1) is 0 Å². The van der Waals surface area contributed by atoms with Crippen LogP contribution in [0.3, 0.4) is 0 Å². The Morgan fingerprint density at radius 2 is 2.10 bits per heavy atom. The molecule has 30 heavy (non-hydrogen) atoms. The summed E-state index contributed by atoms with van der Waals surface area (Å²) < 4.78 is 6.43. The zero-order valence-corrected chi connectivity index (χ0v) is 18.5. The summed E-state index contributed by atoms with van der Waals surface area (Å²) in [4.78, 5) is 19.9. The number of unbranched alkanes of at least 4 members (excludes halogenated alkanes) is 1. The van der Waals surface area contributed by atoms with Gasteiger partial charge in [-0.05, 0) is 61.6 Å². The largest absolute Gasteiger partial charge is 0.497 e. The van der Waals surface area contributed by atoms with Crippen LogP contribution in [0.1, 0.15) is 38.2 Å². The quantitative estimate of drug-likeness (QED) is 0.545. The van der Waals surface area contributed by atoms with Gasteiger partial charge in [0.05, 0.1) is 23.2 Å². The molecule has 1 aliphatic rings. The van der Waals surface area contributed by atoms with Crippen LogP contribution in [0.15, 0.2) is 42.5 Å². The first-order chi connectivity index (χ1) is 14.7. The van der Waals surface area contributed by atoms with Gasteiger partial charge in [0.2, 0.25) is 5.91 Å². The Labute approximate surface area is 182 Å². The standard InChI is InChI=1S/C24H29N3O2S/c1-3-4-6-17-8-10-19(11-9-17)25-23(28)18-7-5-14-27(16-18)24-26-21-13-12-20(29-2)15-22(21)30-24/h8-13,15,18H,3-7,14,16H2,1-2H3,(H,25,28). The molecule has 4 rings (SSSR count). The second-order valence-corrected chi connectivity index (χ2v) is 8.91. The summed E-state index contributed by atoms with van der Waals surface area (Å²) in [7, 11) is 1.68. The Kier molecular flexibility index (Phi) is 6.53. The number of methoxy groups -OCH3 is 1. The number of ether oxygens (including phenoxy) is 1. The topological polar surface area (TPSA) is 54.5 Å². The highest BCUT2D eigenvalue weighted by Crippen LogP contribution is 2.33. The van der Waals surface area contributed by atoms with Crippen molar-refractivity contribution in [2.45, 2.75) is 39.0 Å². The number of thiazole rings is 1. The van der Waals surface area contributed by atoms with Crippen LogP contribution < -0.4 is 15.0 Å². The smallest absolute Gasteiger partial charge is 0.229 e. The first-order valence-electron chi connectivity index (χ1n) is 10.8. The number of rotatable bonds is 7. The molecule has 2 aromatic carbocycles. The van der Waals surface area contributed by atoms with Gasteiger partial charge in [0.1, 0.15) is 5.75 Å². The van der Waals surface area contributed by atoms with E-state index in [2.05, 4.69) is 29.3 Å². The van der Waals surface area contributed by atoms with Crippen LogP contribution in [0, 0.1) is 5.92 Å². The Morgan fingerprint density at radius 3 is 2.87 bits per heavy atom. The van der Waals surface area contributed by atoms with Crippen LogP contribution >= 0.6 is 11.3 Å². The number of aryl methyl sites for hydroxylation is 1. The lowest BCUT2D eigenvalue weighted by molar-refractivity contribution is -0.120. The van der Waals surface area contributed by atoms with E-state index in [1.807, 2.05) is 30.3 Å². The fraction of sp³-hybridized carbons (Fsp3) is 0.417. The maximum atomic E-state index is 12.9. The summed E-state index contributed by atoms with van der Waals surface area (Å²) in [5.41, 5.74) is 3.18. The number of aromatic nitrogens is 1. The molecule has 0 saturated carbocycles. The molecule has 1 atom stereocenters. The van der Waals surface area contributed by atoms with Gasteiger partial charge in [-0.2, -0.15) is 0 Å². The second kappa shape index (κ2) is 9.47. The molecule has 1 saturated heterocycles. The fourth-order valence-electron chi connectivity index (χ4n) is 3.90. The van der Waals surface area contributed by atoms with Gasteiger partial charge in [0, 0.05) is 18.8 Å². The molecule has 1 aromatic heterocycles. The Balaban J connectivity index is 1.40. The van der Waals surface area contributed by atoms with Gasteiger partial charge in [0.25, 0.3) is 0 Å². The maximum Gasteiger partial charge on any atom is 0.229 e. The van der Waals surface area contributed by atoms with E-state index >= 15 is 0 Å². The zero-order valence-electron chi connectivity index (χ0n) is 17.7. The Morgan fingerprint density at radius 1 is 1.27 bits per heavy atom. The third-order valence-corrected chi connectivity index (χ3v) is 6.77. The van der Waals surface area contributed by atoms with Gasteiger partial charge >= 0.3 is 0 Å². The number of carbonyl (C=O) groups is 1. The Bertz CT molecular complexity index is 999. The first kappa shape index (κ1) is 20.7. The lowest BCUT2D eigenvalue weighted by Gasteiger charge is -2.31. The SMILES string of the molecule is CCCCc1ccc(NC(=O)C2CCCN(c3nc4ccc(OC)cc4s3)C2)cc1. The third kappa shape index (κ3) is 4.75. The monoisotopic (exact) mass is 423 g/mol. The lowest BCUT2D eigenvalue weighted by atomic mass is 9.97. The molecule has 5 nitrogen and oxygen atoms in total. The van der Waals surface area contributed by atoms with Crippen molar-refractivity contribution in [2.75, 3.05) is 30.4 Å². The number of piperidine rings is 1. The Hall–Kier alpha value is -2.60. The highest BCUT2D eigenvalue weighted by molar-refractivity contribution is 7.22. The molecule has 1 fully saturated rings. The predicted octanol–water partition coefficient (Wildman–Crippen LogP) is 5.50. The van der Waals surface area contributed by atoms with Crippen LogP contribution in [-0.4, -0.2) is 31.1 Å². The van der Waals surface area contributed by atoms with E-state index in [0.717, 1.165) is 52.6 Å². The van der Waals surface area contributed by atoms with Gasteiger partial charge in [-0.3, -0.25) is 4.79 Å². The van der Waals surface area contributed by atoms with Gasteiger partial charge in [0.15, 0.2) is 5.13 Å². The van der Waals surface area contributed by atoms with Crippen molar-refractivity contribution in [3.8, 4) is 5.75 Å². The number of benzene rings is 2. The minimum atomic E-state index is -0.0277. The highest BCUT2D eigenvalue weighted by atomic mass is 32.1. The minimum absolute atomic E-state index is 0.0277. The van der Waals surface area contributed by atoms with Crippen molar-refractivity contribution < 1.29 is 9.53 Å². The highest BCUT2D eigenvalue weighted by Gasteiger charge is 2.27. The van der Waals surface area contributed by atoms with E-state index < -0.39 is 0 Å². The number of hydrogen-bond donors (Lipinski definition) is 1. The number of amides is 1. The van der Waals surface area contributed by atoms with Crippen LogP contribution in [0.2, 0.25) is 0 Å². The van der Waals surface area contributed by atoms with Crippen molar-refractivity contribution in [2.24, 2.45) is 5.92 Å². The normalized spacial score (nSPS) is 16.6. The first-order valence-corrected chi connectivity index (χ1v) is 11.6. The zero-order chi connectivity index (χ0) is 20.9. The summed E-state index contributed by atoms with van der Waals surface area (Å²) in [5.74, 6) is 0.915. The van der Waals surface area contributed by atoms with Gasteiger partial charge in [-0.1, -0.05) is 36.8 Å². The molecule has 1 N–H and O–H groups in total. The molecule has 0 bridgehead atoms. The van der Waals surface area contributed by atoms with Gasteiger partial charge < -0.3 is 15.0 Å². The molecular formula is C24H29N3O2S. The minimum Gasteiger partial charge on any atom is -0.497 e. The molecular weight excluding hydrogens is 394 g/mol. The van der Waals surface area contributed by atoms with Crippen LogP contribution in [0.25, 0.3) is 10.2 Å². The molecule has 1 aliphatic heterocycles. The van der Waals surface area contributed by atoms with Crippen molar-refractivity contribution in [3.05, 3.63) is 48.0 Å². The average Bonchev–Trinajstić information content (AvgIpc) is 3.22. The molecule has 6 heteroatoms. The summed E-state index contributed by atoms with van der Waals surface area (Å²) in [5, 5.41) is 4.09. The number of fused-ring (bicyclic) bond motifs is 1. The second-order valence-electron chi connectivity index (χ2n) is 7.90. The molecule has 158 valence electrons. The molecule has 1 unspecified atom stereocenters. The summed E-state index contributed by atoms with van der Waals surface area (Å²) in [6.07, 6.45) is 5.39. The van der Waals surface area contributed by atoms with Crippen molar-refractivity contribution in [1.29, 1.82) is 0 Å². The lowest BCUT2D eigenvalue weighted by Crippen LogP contribution is -2.40. The van der Waals surface area contributed by atoms with E-state index in [1.165, 1.54) is 18.4 Å². The number of nitrogens with zero attached hydrogens (tertiary/aromatic N) is 2. The average molecular weight is 424 g/mol. The molecule has 3 aromatic rings. The van der Waals surface area contributed by atoms with E-state index in [-0.39, 0.29) is 11.8 Å². The van der Waals surface area contributed by atoms with Crippen molar-refractivity contribution in [3.63, 3.8) is 0 Å². The number of anilines is 2. The van der Waals surface area contributed by atoms with Crippen LogP contribution in [0.4, 0.5) is 10.8 Å². The van der Waals surface area contributed by atoms with E-state index in [4.69, 9.17) is 9.72 Å². The number of hydrogen-bond acceptors (Lipinski definition) is 5. The third-order valence-electron chi connectivity index (χ3n) is 5.69.